The van der Waals surface area contributed by atoms with Gasteiger partial charge in [-0.25, -0.2) is 13.4 Å². The minimum absolute atomic E-state index is 0.0823. The lowest BCUT2D eigenvalue weighted by molar-refractivity contribution is -0.137. The second-order valence-electron chi connectivity index (χ2n) is 7.44. The van der Waals surface area contributed by atoms with Crippen LogP contribution in [0.2, 0.25) is 0 Å². The molecule has 0 N–H and O–H groups in total. The molecule has 0 bridgehead atoms. The minimum atomic E-state index is -4.56. The second kappa shape index (κ2) is 7.94. The van der Waals surface area contributed by atoms with Crippen molar-refractivity contribution in [1.29, 1.82) is 0 Å². The number of nitrogens with zero attached hydrogens (tertiary/aromatic N) is 2. The number of aromatic nitrogens is 2. The first kappa shape index (κ1) is 21.8. The van der Waals surface area contributed by atoms with Gasteiger partial charge in [-0.15, -0.1) is 0 Å². The number of halogens is 3. The number of sulfone groups is 1. The van der Waals surface area contributed by atoms with Gasteiger partial charge >= 0.3 is 6.18 Å². The van der Waals surface area contributed by atoms with E-state index in [1.165, 1.54) is 28.8 Å². The average Bonchev–Trinajstić information content (AvgIpc) is 3.14. The molecule has 1 heterocycles. The number of aryl methyl sites for hydroxylation is 1. The highest BCUT2D eigenvalue weighted by Crippen LogP contribution is 2.38. The molecule has 164 valence electrons. The van der Waals surface area contributed by atoms with E-state index in [1.807, 2.05) is 6.07 Å². The molecule has 4 rings (SSSR count). The smallest absolute Gasteiger partial charge is 0.299 e. The van der Waals surface area contributed by atoms with Crippen molar-refractivity contribution in [3.8, 4) is 28.2 Å². The summed E-state index contributed by atoms with van der Waals surface area (Å²) in [6.45, 7) is 1.67. The van der Waals surface area contributed by atoms with Crippen LogP contribution >= 0.6 is 0 Å². The highest BCUT2D eigenvalue weighted by molar-refractivity contribution is 7.90. The summed E-state index contributed by atoms with van der Waals surface area (Å²) in [6.07, 6.45) is -1.86. The molecule has 0 amide bonds. The molecule has 32 heavy (non-hydrogen) atoms. The predicted molar refractivity (Wildman–Crippen MR) is 117 cm³/mol. The molecule has 8 heteroatoms. The molecule has 0 aliphatic carbocycles. The maximum Gasteiger partial charge on any atom is 0.417 e. The van der Waals surface area contributed by atoms with Crippen LogP contribution in [-0.2, 0) is 16.0 Å². The van der Waals surface area contributed by atoms with Gasteiger partial charge in [0.25, 0.3) is 0 Å². The number of rotatable bonds is 4. The van der Waals surface area contributed by atoms with Gasteiger partial charge in [0.2, 0.25) is 0 Å². The fraction of sp³-hybridized carbons (Fsp3) is 0.125. The Bertz CT molecular complexity index is 1390. The second-order valence-corrected chi connectivity index (χ2v) is 9.42. The van der Waals surface area contributed by atoms with Crippen molar-refractivity contribution in [2.75, 3.05) is 6.26 Å². The van der Waals surface area contributed by atoms with Gasteiger partial charge in [0.05, 0.1) is 16.2 Å². The van der Waals surface area contributed by atoms with E-state index in [1.54, 1.807) is 49.5 Å². The van der Waals surface area contributed by atoms with E-state index >= 15 is 0 Å². The number of alkyl halides is 3. The molecule has 0 fully saturated rings. The fourth-order valence-electron chi connectivity index (χ4n) is 3.63. The summed E-state index contributed by atoms with van der Waals surface area (Å²) in [5.41, 5.74) is 1.26. The van der Waals surface area contributed by atoms with Crippen molar-refractivity contribution in [2.24, 2.45) is 0 Å². The van der Waals surface area contributed by atoms with Crippen LogP contribution in [0.5, 0.6) is 0 Å². The van der Waals surface area contributed by atoms with Crippen molar-refractivity contribution in [1.82, 2.24) is 9.55 Å². The molecule has 0 spiro atoms. The molecule has 0 saturated heterocycles. The Morgan fingerprint density at radius 1 is 0.875 bits per heavy atom. The van der Waals surface area contributed by atoms with E-state index in [-0.39, 0.29) is 16.3 Å². The molecule has 0 saturated carbocycles. The Morgan fingerprint density at radius 2 is 1.53 bits per heavy atom. The fourth-order valence-corrected chi connectivity index (χ4v) is 4.55. The standard InChI is InChI=1S/C24H19F3N2O2S/c1-16-15-29(23(28-16)20-10-6-7-11-21(20)24(25,26)27)18-12-13-19(17-8-4-3-5-9-17)22(14-18)32(2,30)31/h3-15H,1-2H3. The summed E-state index contributed by atoms with van der Waals surface area (Å²) < 4.78 is 67.5. The molecule has 0 atom stereocenters. The summed E-state index contributed by atoms with van der Waals surface area (Å²) in [5, 5.41) is 0. The molecule has 4 nitrogen and oxygen atoms in total. The zero-order chi connectivity index (χ0) is 23.1. The lowest BCUT2D eigenvalue weighted by Gasteiger charge is -2.16. The first-order valence-electron chi connectivity index (χ1n) is 9.68. The quantitative estimate of drug-likeness (QED) is 0.382. The molecule has 4 aromatic rings. The van der Waals surface area contributed by atoms with Crippen LogP contribution in [0.15, 0.2) is 83.9 Å². The largest absolute Gasteiger partial charge is 0.417 e. The summed E-state index contributed by atoms with van der Waals surface area (Å²) in [6, 6.07) is 19.1. The molecular formula is C24H19F3N2O2S. The SMILES string of the molecule is Cc1cn(-c2ccc(-c3ccccc3)c(S(C)(=O)=O)c2)c(-c2ccccc2C(F)(F)F)n1. The van der Waals surface area contributed by atoms with Crippen LogP contribution < -0.4 is 0 Å². The van der Waals surface area contributed by atoms with Crippen LogP contribution in [-0.4, -0.2) is 24.2 Å². The third-order valence-corrected chi connectivity index (χ3v) is 6.16. The van der Waals surface area contributed by atoms with Gasteiger partial charge in [-0.2, -0.15) is 13.2 Å². The highest BCUT2D eigenvalue weighted by atomic mass is 32.2. The maximum absolute atomic E-state index is 13.6. The third kappa shape index (κ3) is 4.18. The zero-order valence-electron chi connectivity index (χ0n) is 17.3. The Hall–Kier alpha value is -3.39. The van der Waals surface area contributed by atoms with Crippen LogP contribution in [0.3, 0.4) is 0 Å². The molecule has 1 aromatic heterocycles. The van der Waals surface area contributed by atoms with Gasteiger partial charge in [-0.1, -0.05) is 54.6 Å². The summed E-state index contributed by atoms with van der Waals surface area (Å²) >= 11 is 0. The summed E-state index contributed by atoms with van der Waals surface area (Å²) in [4.78, 5) is 4.40. The van der Waals surface area contributed by atoms with Gasteiger partial charge < -0.3 is 0 Å². The van der Waals surface area contributed by atoms with Crippen LogP contribution in [0.1, 0.15) is 11.3 Å². The van der Waals surface area contributed by atoms with Gasteiger partial charge in [0.15, 0.2) is 9.84 Å². The van der Waals surface area contributed by atoms with Crippen molar-refractivity contribution < 1.29 is 21.6 Å². The first-order chi connectivity index (χ1) is 15.1. The van der Waals surface area contributed by atoms with E-state index in [0.29, 0.717) is 16.9 Å². The van der Waals surface area contributed by atoms with Crippen LogP contribution in [0.25, 0.3) is 28.2 Å². The number of hydrogen-bond donors (Lipinski definition) is 0. The van der Waals surface area contributed by atoms with E-state index in [9.17, 15) is 21.6 Å². The van der Waals surface area contributed by atoms with Crippen molar-refractivity contribution in [2.45, 2.75) is 18.0 Å². The molecule has 0 unspecified atom stereocenters. The van der Waals surface area contributed by atoms with Crippen molar-refractivity contribution >= 4 is 9.84 Å². The van der Waals surface area contributed by atoms with Crippen LogP contribution in [0.4, 0.5) is 13.2 Å². The molecule has 0 aliphatic heterocycles. The van der Waals surface area contributed by atoms with Crippen molar-refractivity contribution in [3.63, 3.8) is 0 Å². The molecule has 0 radical (unpaired) electrons. The lowest BCUT2D eigenvalue weighted by atomic mass is 10.0. The third-order valence-electron chi connectivity index (χ3n) is 5.03. The number of benzene rings is 3. The lowest BCUT2D eigenvalue weighted by Crippen LogP contribution is -2.09. The Kier molecular flexibility index (Phi) is 5.42. The van der Waals surface area contributed by atoms with Gasteiger partial charge in [-0.3, -0.25) is 4.57 Å². The highest BCUT2D eigenvalue weighted by Gasteiger charge is 2.34. The number of imidazole rings is 1. The summed E-state index contributed by atoms with van der Waals surface area (Å²) in [7, 11) is -3.63. The average molecular weight is 456 g/mol. The Balaban J connectivity index is 1.95. The predicted octanol–water partition coefficient (Wildman–Crippen LogP) is 5.94. The normalized spacial score (nSPS) is 12.2. The van der Waals surface area contributed by atoms with E-state index < -0.39 is 21.6 Å². The van der Waals surface area contributed by atoms with Crippen LogP contribution in [0, 0.1) is 6.92 Å². The molecule has 3 aromatic carbocycles. The zero-order valence-corrected chi connectivity index (χ0v) is 18.1. The number of hydrogen-bond acceptors (Lipinski definition) is 3. The van der Waals surface area contributed by atoms with E-state index in [0.717, 1.165) is 17.9 Å². The first-order valence-corrected chi connectivity index (χ1v) is 11.6. The van der Waals surface area contributed by atoms with Gasteiger partial charge in [-0.05, 0) is 30.7 Å². The van der Waals surface area contributed by atoms with Gasteiger partial charge in [0, 0.05) is 29.3 Å². The maximum atomic E-state index is 13.6. The van der Waals surface area contributed by atoms with E-state index in [2.05, 4.69) is 4.98 Å². The topological polar surface area (TPSA) is 52.0 Å². The van der Waals surface area contributed by atoms with E-state index in [4.69, 9.17) is 0 Å². The monoisotopic (exact) mass is 456 g/mol. The molecular weight excluding hydrogens is 437 g/mol. The Labute approximate surface area is 183 Å². The molecule has 0 aliphatic rings. The minimum Gasteiger partial charge on any atom is -0.299 e. The summed E-state index contributed by atoms with van der Waals surface area (Å²) in [5.74, 6) is 0.0855. The van der Waals surface area contributed by atoms with Crippen molar-refractivity contribution in [3.05, 3.63) is 90.3 Å². The Morgan fingerprint density at radius 3 is 2.19 bits per heavy atom. The van der Waals surface area contributed by atoms with Gasteiger partial charge in [0.1, 0.15) is 5.82 Å².